The fraction of sp³-hybridized carbons (Fsp3) is 0.600. The lowest BCUT2D eigenvalue weighted by atomic mass is 9.95. The molecular weight excluding hydrogens is 374 g/mol. The van der Waals surface area contributed by atoms with Crippen molar-refractivity contribution in [1.29, 1.82) is 0 Å². The quantitative estimate of drug-likeness (QED) is 0.802. The van der Waals surface area contributed by atoms with E-state index in [0.717, 1.165) is 42.0 Å². The maximum atomic E-state index is 12.9. The van der Waals surface area contributed by atoms with Gasteiger partial charge in [-0.05, 0) is 46.1 Å². The fourth-order valence-electron chi connectivity index (χ4n) is 3.77. The molecule has 0 atom stereocenters. The first-order valence-electron chi connectivity index (χ1n) is 9.97. The van der Waals surface area contributed by atoms with Crippen LogP contribution in [0.25, 0.3) is 10.2 Å². The Balaban J connectivity index is 1.67. The van der Waals surface area contributed by atoms with E-state index in [2.05, 4.69) is 34.0 Å². The Morgan fingerprint density at radius 2 is 1.96 bits per heavy atom. The third-order valence-corrected chi connectivity index (χ3v) is 6.61. The smallest absolute Gasteiger partial charge is 0.239 e. The van der Waals surface area contributed by atoms with E-state index in [-0.39, 0.29) is 24.3 Å². The van der Waals surface area contributed by atoms with Gasteiger partial charge in [-0.15, -0.1) is 11.3 Å². The van der Waals surface area contributed by atoms with Crippen LogP contribution in [-0.4, -0.2) is 59.4 Å². The van der Waals surface area contributed by atoms with Crippen molar-refractivity contribution in [1.82, 2.24) is 20.2 Å². The van der Waals surface area contributed by atoms with Crippen LogP contribution in [-0.2, 0) is 9.59 Å². The first-order chi connectivity index (χ1) is 13.5. The standard InChI is InChI=1S/C20H29N5O2S/c1-5-21-16(26)11-24(6-2)20(27)15-7-9-25(10-8-15)18-17-13(3)14(4)28-19(17)23-12-22-18/h12,15H,5-11H2,1-4H3,(H,21,26). The van der Waals surface area contributed by atoms with E-state index in [1.165, 1.54) is 10.4 Å². The first kappa shape index (κ1) is 20.5. The average Bonchev–Trinajstić information content (AvgIpc) is 3.00. The highest BCUT2D eigenvalue weighted by Gasteiger charge is 2.30. The third kappa shape index (κ3) is 4.11. The molecule has 1 aliphatic rings. The molecular formula is C20H29N5O2S. The molecule has 1 aliphatic heterocycles. The minimum absolute atomic E-state index is 0.0340. The highest BCUT2D eigenvalue weighted by atomic mass is 32.1. The third-order valence-electron chi connectivity index (χ3n) is 5.49. The molecule has 0 aliphatic carbocycles. The Morgan fingerprint density at radius 1 is 1.25 bits per heavy atom. The number of aryl methyl sites for hydroxylation is 2. The van der Waals surface area contributed by atoms with Gasteiger partial charge in [-0.3, -0.25) is 9.59 Å². The number of carbonyl (C=O) groups is 2. The minimum Gasteiger partial charge on any atom is -0.356 e. The molecule has 152 valence electrons. The van der Waals surface area contributed by atoms with Gasteiger partial charge in [-0.2, -0.15) is 0 Å². The predicted octanol–water partition coefficient (Wildman–Crippen LogP) is 2.51. The number of thiophene rings is 1. The lowest BCUT2D eigenvalue weighted by molar-refractivity contribution is -0.139. The first-order valence-corrected chi connectivity index (χ1v) is 10.8. The lowest BCUT2D eigenvalue weighted by Crippen LogP contribution is -2.46. The molecule has 0 saturated carbocycles. The maximum Gasteiger partial charge on any atom is 0.239 e. The topological polar surface area (TPSA) is 78.4 Å². The number of fused-ring (bicyclic) bond motifs is 1. The van der Waals surface area contributed by atoms with E-state index in [0.29, 0.717) is 13.1 Å². The second-order valence-electron chi connectivity index (χ2n) is 7.23. The molecule has 1 saturated heterocycles. The van der Waals surface area contributed by atoms with Crippen LogP contribution >= 0.6 is 11.3 Å². The van der Waals surface area contributed by atoms with E-state index in [1.54, 1.807) is 22.6 Å². The van der Waals surface area contributed by atoms with Gasteiger partial charge in [0.1, 0.15) is 17.0 Å². The van der Waals surface area contributed by atoms with Crippen molar-refractivity contribution in [3.63, 3.8) is 0 Å². The number of carbonyl (C=O) groups excluding carboxylic acids is 2. The van der Waals surface area contributed by atoms with Gasteiger partial charge >= 0.3 is 0 Å². The summed E-state index contributed by atoms with van der Waals surface area (Å²) in [5.74, 6) is 0.936. The highest BCUT2D eigenvalue weighted by Crippen LogP contribution is 2.35. The van der Waals surface area contributed by atoms with Crippen LogP contribution in [0.3, 0.4) is 0 Å². The number of piperidine rings is 1. The number of likely N-dealkylation sites (N-methyl/N-ethyl adjacent to an activating group) is 2. The Labute approximate surface area is 170 Å². The fourth-order valence-corrected chi connectivity index (χ4v) is 4.76. The SMILES string of the molecule is CCNC(=O)CN(CC)C(=O)C1CCN(c2ncnc3sc(C)c(C)c23)CC1. The molecule has 8 heteroatoms. The number of rotatable bonds is 6. The molecule has 0 radical (unpaired) electrons. The van der Waals surface area contributed by atoms with Crippen molar-refractivity contribution in [3.8, 4) is 0 Å². The summed E-state index contributed by atoms with van der Waals surface area (Å²) in [6.07, 6.45) is 3.19. The monoisotopic (exact) mass is 403 g/mol. The second kappa shape index (κ2) is 8.86. The number of aromatic nitrogens is 2. The number of anilines is 1. The molecule has 1 fully saturated rings. The average molecular weight is 404 g/mol. The second-order valence-corrected chi connectivity index (χ2v) is 8.43. The van der Waals surface area contributed by atoms with Crippen molar-refractivity contribution in [2.24, 2.45) is 5.92 Å². The summed E-state index contributed by atoms with van der Waals surface area (Å²) < 4.78 is 0. The van der Waals surface area contributed by atoms with Gasteiger partial charge in [-0.25, -0.2) is 9.97 Å². The van der Waals surface area contributed by atoms with Gasteiger partial charge in [0.05, 0.1) is 11.9 Å². The van der Waals surface area contributed by atoms with E-state index >= 15 is 0 Å². The largest absolute Gasteiger partial charge is 0.356 e. The Kier molecular flexibility index (Phi) is 6.49. The number of hydrogen-bond donors (Lipinski definition) is 1. The van der Waals surface area contributed by atoms with Crippen molar-refractivity contribution in [3.05, 3.63) is 16.8 Å². The van der Waals surface area contributed by atoms with E-state index in [4.69, 9.17) is 0 Å². The molecule has 0 bridgehead atoms. The van der Waals surface area contributed by atoms with Crippen molar-refractivity contribution in [2.75, 3.05) is 37.6 Å². The van der Waals surface area contributed by atoms with Crippen LogP contribution in [0, 0.1) is 19.8 Å². The van der Waals surface area contributed by atoms with E-state index in [1.807, 2.05) is 13.8 Å². The van der Waals surface area contributed by atoms with Crippen molar-refractivity contribution in [2.45, 2.75) is 40.5 Å². The van der Waals surface area contributed by atoms with Crippen molar-refractivity contribution >= 4 is 39.2 Å². The Hall–Kier alpha value is -2.22. The summed E-state index contributed by atoms with van der Waals surface area (Å²) >= 11 is 1.70. The molecule has 3 rings (SSSR count). The zero-order valence-electron chi connectivity index (χ0n) is 17.1. The molecule has 0 unspecified atom stereocenters. The van der Waals surface area contributed by atoms with Gasteiger partial charge in [0, 0.05) is 37.0 Å². The summed E-state index contributed by atoms with van der Waals surface area (Å²) in [5.41, 5.74) is 1.24. The predicted molar refractivity (Wildman–Crippen MR) is 113 cm³/mol. The Bertz CT molecular complexity index is 858. The summed E-state index contributed by atoms with van der Waals surface area (Å²) in [6.45, 7) is 10.9. The molecule has 28 heavy (non-hydrogen) atoms. The number of hydrogen-bond acceptors (Lipinski definition) is 6. The lowest BCUT2D eigenvalue weighted by Gasteiger charge is -2.34. The summed E-state index contributed by atoms with van der Waals surface area (Å²) in [4.78, 5) is 40.0. The molecule has 7 nitrogen and oxygen atoms in total. The van der Waals surface area contributed by atoms with E-state index < -0.39 is 0 Å². The van der Waals surface area contributed by atoms with Crippen LogP contribution < -0.4 is 10.2 Å². The van der Waals surface area contributed by atoms with Gasteiger partial charge in [0.15, 0.2) is 0 Å². The Morgan fingerprint density at radius 3 is 2.61 bits per heavy atom. The molecule has 2 aromatic heterocycles. The van der Waals surface area contributed by atoms with E-state index in [9.17, 15) is 9.59 Å². The van der Waals surface area contributed by atoms with Crippen LogP contribution in [0.15, 0.2) is 6.33 Å². The van der Waals surface area contributed by atoms with Crippen LogP contribution in [0.4, 0.5) is 5.82 Å². The van der Waals surface area contributed by atoms with Crippen LogP contribution in [0.1, 0.15) is 37.1 Å². The molecule has 0 aromatic carbocycles. The van der Waals surface area contributed by atoms with Gasteiger partial charge in [-0.1, -0.05) is 0 Å². The molecule has 3 heterocycles. The molecule has 0 spiro atoms. The van der Waals surface area contributed by atoms with Crippen molar-refractivity contribution < 1.29 is 9.59 Å². The molecule has 2 amide bonds. The minimum atomic E-state index is -0.0955. The number of nitrogens with one attached hydrogen (secondary N) is 1. The summed E-state index contributed by atoms with van der Waals surface area (Å²) in [6, 6.07) is 0. The highest BCUT2D eigenvalue weighted by molar-refractivity contribution is 7.18. The zero-order valence-corrected chi connectivity index (χ0v) is 17.9. The molecule has 2 aromatic rings. The molecule has 1 N–H and O–H groups in total. The summed E-state index contributed by atoms with van der Waals surface area (Å²) in [7, 11) is 0. The van der Waals surface area contributed by atoms with Crippen LogP contribution in [0.5, 0.6) is 0 Å². The number of amides is 2. The van der Waals surface area contributed by atoms with Gasteiger partial charge in [0.2, 0.25) is 11.8 Å². The van der Waals surface area contributed by atoms with Gasteiger partial charge in [0.25, 0.3) is 0 Å². The zero-order chi connectivity index (χ0) is 20.3. The maximum absolute atomic E-state index is 12.9. The van der Waals surface area contributed by atoms with Crippen LogP contribution in [0.2, 0.25) is 0 Å². The van der Waals surface area contributed by atoms with Gasteiger partial charge < -0.3 is 15.1 Å². The summed E-state index contributed by atoms with van der Waals surface area (Å²) in [5, 5.41) is 3.91. The normalized spacial score (nSPS) is 15.1. The number of nitrogens with zero attached hydrogens (tertiary/aromatic N) is 4.